The van der Waals surface area contributed by atoms with E-state index in [0.717, 1.165) is 27.8 Å². The molecule has 0 atom stereocenters. The van der Waals surface area contributed by atoms with Gasteiger partial charge in [-0.15, -0.1) is 0 Å². The molecule has 0 fully saturated rings. The van der Waals surface area contributed by atoms with Crippen molar-refractivity contribution in [3.63, 3.8) is 0 Å². The maximum absolute atomic E-state index is 11.8. The van der Waals surface area contributed by atoms with Crippen LogP contribution in [0.5, 0.6) is 23.0 Å². The number of nitriles is 2. The summed E-state index contributed by atoms with van der Waals surface area (Å²) in [4.78, 5) is 36.1. The number of rotatable bonds is 15. The summed E-state index contributed by atoms with van der Waals surface area (Å²) in [7, 11) is 0. The van der Waals surface area contributed by atoms with Gasteiger partial charge in [-0.2, -0.15) is 10.5 Å². The van der Waals surface area contributed by atoms with Crippen LogP contribution < -0.4 is 18.9 Å². The fraction of sp³-hybridized carbons (Fsp3) is 0.119. The first kappa shape index (κ1) is 38.0. The van der Waals surface area contributed by atoms with E-state index in [0.29, 0.717) is 46.3 Å². The van der Waals surface area contributed by atoms with E-state index in [2.05, 4.69) is 15.0 Å². The van der Waals surface area contributed by atoms with Crippen LogP contribution in [0.4, 0.5) is 0 Å². The van der Waals surface area contributed by atoms with Crippen molar-refractivity contribution in [1.29, 1.82) is 10.5 Å². The topological polar surface area (TPSA) is 157 Å². The third-order valence-electron chi connectivity index (χ3n) is 8.35. The maximum Gasteiger partial charge on any atom is 0.153 e. The number of hydrogen-bond donors (Lipinski definition) is 0. The van der Waals surface area contributed by atoms with E-state index < -0.39 is 0 Å². The molecule has 3 aromatic carbocycles. The number of aromatic nitrogens is 3. The Hall–Kier alpha value is -6.79. The average Bonchev–Trinajstić information content (AvgIpc) is 3.22. The minimum Gasteiger partial charge on any atom is -0.488 e. The number of carbonyl (C=O) groups excluding carboxylic acids is 2. The van der Waals surface area contributed by atoms with Crippen LogP contribution in [0.15, 0.2) is 97.8 Å². The number of aldehydes is 2. The van der Waals surface area contributed by atoms with Crippen molar-refractivity contribution in [3.8, 4) is 46.3 Å². The van der Waals surface area contributed by atoms with Crippen LogP contribution in [-0.2, 0) is 26.4 Å². The molecule has 0 aliphatic carbocycles. The summed E-state index contributed by atoms with van der Waals surface area (Å²) in [6.45, 7) is 2.43. The van der Waals surface area contributed by atoms with E-state index in [1.165, 1.54) is 24.5 Å². The average molecular weight is 771 g/mol. The first-order valence-electron chi connectivity index (χ1n) is 16.6. The van der Waals surface area contributed by atoms with Crippen molar-refractivity contribution in [2.24, 2.45) is 0 Å². The Morgan fingerprint density at radius 2 is 1.07 bits per heavy atom. The van der Waals surface area contributed by atoms with Gasteiger partial charge in [0, 0.05) is 71.6 Å². The van der Waals surface area contributed by atoms with Gasteiger partial charge >= 0.3 is 0 Å². The molecular weight excluding hydrogens is 741 g/mol. The van der Waals surface area contributed by atoms with Gasteiger partial charge in [0.1, 0.15) is 61.6 Å². The van der Waals surface area contributed by atoms with Crippen LogP contribution in [0.25, 0.3) is 11.1 Å². The lowest BCUT2D eigenvalue weighted by atomic mass is 9.97. The SMILES string of the molecule is Cc1c(COc2cc(OCc3cncc(C#N)c3)c(C=O)cc2Cl)cccc1-c1cncc(COc2cc(OCc3cncc(C#N)c3)c(C=O)cc2Cl)c1. The second kappa shape index (κ2) is 17.8. The van der Waals surface area contributed by atoms with Gasteiger partial charge in [-0.05, 0) is 53.9 Å². The standard InChI is InChI=1S/C42H29Cl2N5O6/c1-26-32(25-55-42-11-40(35(21-51)9-38(42)44)53-23-30-6-28(13-46)15-48-17-30)3-2-4-36(26)33-7-31(18-49-19-33)24-54-41-10-39(34(20-50)8-37(41)43)52-22-29-5-27(12-45)14-47-16-29/h2-11,14-21H,22-25H2,1H3. The van der Waals surface area contributed by atoms with E-state index in [1.54, 1.807) is 49.1 Å². The first-order valence-corrected chi connectivity index (χ1v) is 17.3. The Bertz CT molecular complexity index is 2480. The van der Waals surface area contributed by atoms with Crippen LogP contribution in [0, 0.1) is 29.6 Å². The monoisotopic (exact) mass is 769 g/mol. The molecule has 55 heavy (non-hydrogen) atoms. The molecule has 0 saturated heterocycles. The van der Waals surface area contributed by atoms with E-state index in [9.17, 15) is 9.59 Å². The van der Waals surface area contributed by atoms with Crippen LogP contribution in [0.2, 0.25) is 10.0 Å². The highest BCUT2D eigenvalue weighted by Crippen LogP contribution is 2.35. The van der Waals surface area contributed by atoms with E-state index in [1.807, 2.05) is 43.3 Å². The fourth-order valence-corrected chi connectivity index (χ4v) is 5.97. The number of ether oxygens (including phenoxy) is 4. The van der Waals surface area contributed by atoms with E-state index in [4.69, 9.17) is 52.7 Å². The number of pyridine rings is 3. The zero-order valence-electron chi connectivity index (χ0n) is 29.2. The van der Waals surface area contributed by atoms with Gasteiger partial charge in [0.05, 0.1) is 32.3 Å². The molecule has 0 amide bonds. The molecule has 6 aromatic rings. The molecule has 0 N–H and O–H groups in total. The molecule has 13 heteroatoms. The van der Waals surface area contributed by atoms with Crippen molar-refractivity contribution >= 4 is 35.8 Å². The van der Waals surface area contributed by atoms with Gasteiger partial charge < -0.3 is 18.9 Å². The summed E-state index contributed by atoms with van der Waals surface area (Å²) in [6, 6.07) is 21.3. The molecule has 0 bridgehead atoms. The fourth-order valence-electron chi connectivity index (χ4n) is 5.52. The maximum atomic E-state index is 11.8. The van der Waals surface area contributed by atoms with E-state index in [-0.39, 0.29) is 59.1 Å². The second-order valence-corrected chi connectivity index (χ2v) is 12.9. The molecule has 3 aromatic heterocycles. The molecule has 0 aliphatic rings. The Morgan fingerprint density at radius 3 is 1.58 bits per heavy atom. The molecule has 272 valence electrons. The smallest absolute Gasteiger partial charge is 0.153 e. The number of benzene rings is 3. The van der Waals surface area contributed by atoms with Gasteiger partial charge in [0.15, 0.2) is 12.6 Å². The predicted octanol–water partition coefficient (Wildman–Crippen LogP) is 8.84. The summed E-state index contributed by atoms with van der Waals surface area (Å²) in [5.74, 6) is 1.18. The van der Waals surface area contributed by atoms with Crippen LogP contribution >= 0.6 is 23.2 Å². The first-order chi connectivity index (χ1) is 26.8. The van der Waals surface area contributed by atoms with Gasteiger partial charge in [-0.25, -0.2) is 0 Å². The number of carbonyl (C=O) groups is 2. The lowest BCUT2D eigenvalue weighted by Gasteiger charge is -2.16. The molecule has 6 rings (SSSR count). The van der Waals surface area contributed by atoms with Crippen molar-refractivity contribution in [3.05, 3.63) is 158 Å². The number of nitrogens with zero attached hydrogens (tertiary/aromatic N) is 5. The van der Waals surface area contributed by atoms with Crippen molar-refractivity contribution in [2.45, 2.75) is 33.4 Å². The lowest BCUT2D eigenvalue weighted by molar-refractivity contribution is 0.111. The molecule has 0 spiro atoms. The number of hydrogen-bond acceptors (Lipinski definition) is 11. The van der Waals surface area contributed by atoms with Crippen LogP contribution in [0.1, 0.15) is 59.7 Å². The summed E-state index contributed by atoms with van der Waals surface area (Å²) in [5, 5.41) is 18.8. The highest BCUT2D eigenvalue weighted by atomic mass is 35.5. The summed E-state index contributed by atoms with van der Waals surface area (Å²) in [6.07, 6.45) is 10.8. The summed E-state index contributed by atoms with van der Waals surface area (Å²) < 4.78 is 24.0. The predicted molar refractivity (Wildman–Crippen MR) is 203 cm³/mol. The Kier molecular flexibility index (Phi) is 12.3. The molecule has 0 radical (unpaired) electrons. The minimum atomic E-state index is 0.0767. The van der Waals surface area contributed by atoms with Gasteiger partial charge in [0.25, 0.3) is 0 Å². The molecule has 11 nitrogen and oxygen atoms in total. The van der Waals surface area contributed by atoms with E-state index >= 15 is 0 Å². The van der Waals surface area contributed by atoms with Crippen LogP contribution in [0.3, 0.4) is 0 Å². The Balaban J connectivity index is 1.14. The molecule has 3 heterocycles. The Labute approximate surface area is 326 Å². The normalized spacial score (nSPS) is 10.5. The third kappa shape index (κ3) is 9.42. The zero-order chi connectivity index (χ0) is 38.7. The molecular formula is C42H29Cl2N5O6. The minimum absolute atomic E-state index is 0.0767. The summed E-state index contributed by atoms with van der Waals surface area (Å²) in [5.41, 5.74) is 6.99. The second-order valence-electron chi connectivity index (χ2n) is 12.1. The molecule has 0 aliphatic heterocycles. The summed E-state index contributed by atoms with van der Waals surface area (Å²) >= 11 is 13.0. The highest BCUT2D eigenvalue weighted by molar-refractivity contribution is 6.32. The van der Waals surface area contributed by atoms with Gasteiger partial charge in [0.2, 0.25) is 0 Å². The lowest BCUT2D eigenvalue weighted by Crippen LogP contribution is -2.03. The third-order valence-corrected chi connectivity index (χ3v) is 8.94. The van der Waals surface area contributed by atoms with Crippen molar-refractivity contribution < 1.29 is 28.5 Å². The zero-order valence-corrected chi connectivity index (χ0v) is 30.7. The Morgan fingerprint density at radius 1 is 0.600 bits per heavy atom. The van der Waals surface area contributed by atoms with Gasteiger partial charge in [-0.1, -0.05) is 41.4 Å². The molecule has 0 saturated carbocycles. The highest BCUT2D eigenvalue weighted by Gasteiger charge is 2.15. The van der Waals surface area contributed by atoms with Crippen molar-refractivity contribution in [2.75, 3.05) is 0 Å². The van der Waals surface area contributed by atoms with Gasteiger partial charge in [-0.3, -0.25) is 24.5 Å². The molecule has 0 unspecified atom stereocenters. The number of halogens is 2. The largest absolute Gasteiger partial charge is 0.488 e. The van der Waals surface area contributed by atoms with Crippen molar-refractivity contribution in [1.82, 2.24) is 15.0 Å². The quantitative estimate of drug-likeness (QED) is 0.0919. The van der Waals surface area contributed by atoms with Crippen LogP contribution in [-0.4, -0.2) is 27.5 Å².